The van der Waals surface area contributed by atoms with Crippen molar-refractivity contribution in [3.8, 4) is 11.1 Å². The lowest BCUT2D eigenvalue weighted by Crippen LogP contribution is -2.43. The van der Waals surface area contributed by atoms with Crippen LogP contribution < -0.4 is 10.6 Å². The largest absolute Gasteiger partial charge is 0.384 e. The van der Waals surface area contributed by atoms with E-state index in [1.54, 1.807) is 6.92 Å². The maximum absolute atomic E-state index is 12.0. The Labute approximate surface area is 166 Å². The van der Waals surface area contributed by atoms with Crippen LogP contribution in [0.3, 0.4) is 0 Å². The second kappa shape index (κ2) is 9.20. The summed E-state index contributed by atoms with van der Waals surface area (Å²) in [5.41, 5.74) is 3.01. The third-order valence-corrected chi connectivity index (χ3v) is 4.75. The first kappa shape index (κ1) is 19.6. The third kappa shape index (κ3) is 5.44. The third-order valence-electron chi connectivity index (χ3n) is 4.75. The van der Waals surface area contributed by atoms with E-state index >= 15 is 0 Å². The van der Waals surface area contributed by atoms with Crippen LogP contribution in [0, 0.1) is 0 Å². The van der Waals surface area contributed by atoms with Crippen LogP contribution in [0.25, 0.3) is 11.1 Å². The maximum atomic E-state index is 12.0. The van der Waals surface area contributed by atoms with Gasteiger partial charge in [-0.2, -0.15) is 0 Å². The molecule has 2 amide bonds. The second-order valence-electron chi connectivity index (χ2n) is 7.06. The van der Waals surface area contributed by atoms with E-state index < -0.39 is 5.60 Å². The van der Waals surface area contributed by atoms with Gasteiger partial charge in [-0.3, -0.25) is 0 Å². The molecule has 0 heterocycles. The Hall–Kier alpha value is -3.11. The van der Waals surface area contributed by atoms with Crippen LogP contribution in [0.4, 0.5) is 4.79 Å². The van der Waals surface area contributed by atoms with Crippen LogP contribution in [0.2, 0.25) is 0 Å². The van der Waals surface area contributed by atoms with Gasteiger partial charge in [0.05, 0.1) is 6.54 Å². The number of benzene rings is 3. The molecule has 0 saturated heterocycles. The van der Waals surface area contributed by atoms with Crippen molar-refractivity contribution in [2.45, 2.75) is 18.9 Å². The Bertz CT molecular complexity index is 875. The molecule has 28 heavy (non-hydrogen) atoms. The van der Waals surface area contributed by atoms with Crippen molar-refractivity contribution in [2.75, 3.05) is 13.1 Å². The van der Waals surface area contributed by atoms with Gasteiger partial charge in [0.15, 0.2) is 0 Å². The number of urea groups is 1. The zero-order valence-electron chi connectivity index (χ0n) is 16.1. The molecule has 3 rings (SSSR count). The molecule has 0 aliphatic rings. The van der Waals surface area contributed by atoms with E-state index in [9.17, 15) is 9.90 Å². The number of aliphatic hydroxyl groups is 1. The van der Waals surface area contributed by atoms with Crippen LogP contribution >= 0.6 is 0 Å². The van der Waals surface area contributed by atoms with Gasteiger partial charge in [0.1, 0.15) is 5.60 Å². The quantitative estimate of drug-likeness (QED) is 0.583. The minimum atomic E-state index is -1.15. The van der Waals surface area contributed by atoms with Crippen molar-refractivity contribution in [3.63, 3.8) is 0 Å². The summed E-state index contributed by atoms with van der Waals surface area (Å²) in [7, 11) is 0. The summed E-state index contributed by atoms with van der Waals surface area (Å²) in [4.78, 5) is 12.0. The number of carbonyl (C=O) groups is 1. The van der Waals surface area contributed by atoms with Gasteiger partial charge in [-0.15, -0.1) is 0 Å². The summed E-state index contributed by atoms with van der Waals surface area (Å²) in [5.74, 6) is 0. The molecule has 4 nitrogen and oxygen atoms in total. The van der Waals surface area contributed by atoms with Crippen LogP contribution in [-0.4, -0.2) is 24.2 Å². The zero-order valence-corrected chi connectivity index (χ0v) is 16.1. The molecule has 3 aromatic rings. The SMILES string of the molecule is CC(O)(CNC(=O)NCCc1ccccc1)c1ccc(-c2ccccc2)cc1. The van der Waals surface area contributed by atoms with E-state index in [1.165, 1.54) is 5.56 Å². The Morgan fingerprint density at radius 1 is 0.821 bits per heavy atom. The normalized spacial score (nSPS) is 12.8. The number of hydrogen-bond donors (Lipinski definition) is 3. The topological polar surface area (TPSA) is 61.4 Å². The number of carbonyl (C=O) groups excluding carboxylic acids is 1. The van der Waals surface area contributed by atoms with E-state index in [1.807, 2.05) is 72.8 Å². The van der Waals surface area contributed by atoms with Gasteiger partial charge >= 0.3 is 6.03 Å². The Morgan fingerprint density at radius 3 is 2.04 bits per heavy atom. The molecule has 3 aromatic carbocycles. The van der Waals surface area contributed by atoms with Gasteiger partial charge < -0.3 is 15.7 Å². The van der Waals surface area contributed by atoms with Gasteiger partial charge in [0.2, 0.25) is 0 Å². The summed E-state index contributed by atoms with van der Waals surface area (Å²) in [5, 5.41) is 16.3. The fraction of sp³-hybridized carbons (Fsp3) is 0.208. The second-order valence-corrected chi connectivity index (χ2v) is 7.06. The van der Waals surface area contributed by atoms with Crippen LogP contribution in [-0.2, 0) is 12.0 Å². The highest BCUT2D eigenvalue weighted by Crippen LogP contribution is 2.24. The number of hydrogen-bond acceptors (Lipinski definition) is 2. The summed E-state index contributed by atoms with van der Waals surface area (Å²) >= 11 is 0. The van der Waals surface area contributed by atoms with Crippen molar-refractivity contribution in [1.29, 1.82) is 0 Å². The number of nitrogens with one attached hydrogen (secondary N) is 2. The van der Waals surface area contributed by atoms with Crippen molar-refractivity contribution >= 4 is 6.03 Å². The molecule has 0 aliphatic heterocycles. The molecule has 144 valence electrons. The predicted molar refractivity (Wildman–Crippen MR) is 113 cm³/mol. The van der Waals surface area contributed by atoms with Gasteiger partial charge in [-0.05, 0) is 35.6 Å². The van der Waals surface area contributed by atoms with Crippen molar-refractivity contribution < 1.29 is 9.90 Å². The van der Waals surface area contributed by atoms with E-state index in [0.717, 1.165) is 23.1 Å². The lowest BCUT2D eigenvalue weighted by Gasteiger charge is -2.24. The first-order chi connectivity index (χ1) is 13.5. The molecule has 1 unspecified atom stereocenters. The molecule has 0 aliphatic carbocycles. The van der Waals surface area contributed by atoms with Crippen LogP contribution in [0.15, 0.2) is 84.9 Å². The number of amides is 2. The lowest BCUT2D eigenvalue weighted by atomic mass is 9.94. The lowest BCUT2D eigenvalue weighted by molar-refractivity contribution is 0.0594. The molecular weight excluding hydrogens is 348 g/mol. The van der Waals surface area contributed by atoms with Crippen molar-refractivity contribution in [1.82, 2.24) is 10.6 Å². The van der Waals surface area contributed by atoms with E-state index in [4.69, 9.17) is 0 Å². The Balaban J connectivity index is 1.49. The molecular formula is C24H26N2O2. The van der Waals surface area contributed by atoms with Gasteiger partial charge in [-0.1, -0.05) is 84.9 Å². The van der Waals surface area contributed by atoms with E-state index in [2.05, 4.69) is 22.8 Å². The fourth-order valence-corrected chi connectivity index (χ4v) is 3.03. The summed E-state index contributed by atoms with van der Waals surface area (Å²) in [6, 6.07) is 27.6. The first-order valence-electron chi connectivity index (χ1n) is 9.48. The molecule has 4 heteroatoms. The molecule has 0 spiro atoms. The molecule has 1 atom stereocenters. The monoisotopic (exact) mass is 374 g/mol. The smallest absolute Gasteiger partial charge is 0.314 e. The molecule has 0 aromatic heterocycles. The minimum absolute atomic E-state index is 0.134. The van der Waals surface area contributed by atoms with Gasteiger partial charge in [0, 0.05) is 6.54 Å². The summed E-state index contributed by atoms with van der Waals surface area (Å²) in [6.07, 6.45) is 0.769. The highest BCUT2D eigenvalue weighted by Gasteiger charge is 2.23. The van der Waals surface area contributed by atoms with Gasteiger partial charge in [0.25, 0.3) is 0 Å². The van der Waals surface area contributed by atoms with E-state index in [-0.39, 0.29) is 12.6 Å². The predicted octanol–water partition coefficient (Wildman–Crippen LogP) is 4.10. The fourth-order valence-electron chi connectivity index (χ4n) is 3.03. The average molecular weight is 374 g/mol. The van der Waals surface area contributed by atoms with Crippen molar-refractivity contribution in [3.05, 3.63) is 96.1 Å². The standard InChI is InChI=1S/C24H26N2O2/c1-24(28,18-26-23(27)25-17-16-19-8-4-2-5-9-19)22-14-12-21(13-15-22)20-10-6-3-7-11-20/h2-15,28H,16-18H2,1H3,(H2,25,26,27). The van der Waals surface area contributed by atoms with Crippen LogP contribution in [0.1, 0.15) is 18.1 Å². The van der Waals surface area contributed by atoms with Crippen LogP contribution in [0.5, 0.6) is 0 Å². The van der Waals surface area contributed by atoms with Crippen molar-refractivity contribution in [2.24, 2.45) is 0 Å². The Kier molecular flexibility index (Phi) is 6.45. The summed E-state index contributed by atoms with van der Waals surface area (Å²) in [6.45, 7) is 2.38. The molecule has 0 radical (unpaired) electrons. The first-order valence-corrected chi connectivity index (χ1v) is 9.48. The molecule has 0 bridgehead atoms. The highest BCUT2D eigenvalue weighted by atomic mass is 16.3. The molecule has 3 N–H and O–H groups in total. The maximum Gasteiger partial charge on any atom is 0.314 e. The molecule has 0 fully saturated rings. The average Bonchev–Trinajstić information content (AvgIpc) is 2.74. The van der Waals surface area contributed by atoms with Gasteiger partial charge in [-0.25, -0.2) is 4.79 Å². The highest BCUT2D eigenvalue weighted by molar-refractivity contribution is 5.74. The Morgan fingerprint density at radius 2 is 1.39 bits per heavy atom. The minimum Gasteiger partial charge on any atom is -0.384 e. The zero-order chi connectivity index (χ0) is 19.8. The molecule has 0 saturated carbocycles. The number of rotatable bonds is 7. The summed E-state index contributed by atoms with van der Waals surface area (Å²) < 4.78 is 0. The van der Waals surface area contributed by atoms with E-state index in [0.29, 0.717) is 6.54 Å².